The largest absolute Gasteiger partial charge is 0.379 e. The second kappa shape index (κ2) is 4.78. The maximum Gasteiger partial charge on any atom is 0.224 e. The van der Waals surface area contributed by atoms with Gasteiger partial charge in [0.1, 0.15) is 0 Å². The fourth-order valence-corrected chi connectivity index (χ4v) is 2.57. The molecule has 0 bridgehead atoms. The Morgan fingerprint density at radius 1 is 1.39 bits per heavy atom. The summed E-state index contributed by atoms with van der Waals surface area (Å²) >= 11 is 1.60. The molecule has 0 atom stereocenters. The molecule has 2 heterocycles. The molecule has 0 aliphatic carbocycles. The highest BCUT2D eigenvalue weighted by molar-refractivity contribution is 7.07. The van der Waals surface area contributed by atoms with Gasteiger partial charge in [-0.1, -0.05) is 0 Å². The monoisotopic (exact) mass is 259 g/mol. The number of hydrogen-bond acceptors (Lipinski definition) is 4. The predicted molar refractivity (Wildman–Crippen MR) is 72.8 cm³/mol. The lowest BCUT2D eigenvalue weighted by atomic mass is 10.0. The van der Waals surface area contributed by atoms with Crippen LogP contribution >= 0.6 is 11.3 Å². The molecular weight excluding hydrogens is 246 g/mol. The van der Waals surface area contributed by atoms with Crippen molar-refractivity contribution in [2.24, 2.45) is 0 Å². The van der Waals surface area contributed by atoms with E-state index in [4.69, 9.17) is 0 Å². The number of aryl methyl sites for hydroxylation is 1. The first-order valence-corrected chi connectivity index (χ1v) is 6.79. The van der Waals surface area contributed by atoms with E-state index >= 15 is 0 Å². The highest BCUT2D eigenvalue weighted by Crippen LogP contribution is 2.25. The number of carbonyl (C=O) groups excluding carboxylic acids is 1. The highest BCUT2D eigenvalue weighted by atomic mass is 32.1. The van der Waals surface area contributed by atoms with Crippen LogP contribution in [0.4, 0.5) is 11.4 Å². The Kier molecular flexibility index (Phi) is 2.98. The average molecular weight is 259 g/mol. The normalized spacial score (nSPS) is 13.9. The van der Waals surface area contributed by atoms with Crippen LogP contribution in [-0.2, 0) is 17.8 Å². The zero-order valence-electron chi connectivity index (χ0n) is 9.77. The molecule has 1 aliphatic heterocycles. The zero-order chi connectivity index (χ0) is 12.4. The molecule has 0 fully saturated rings. The smallest absolute Gasteiger partial charge is 0.224 e. The number of thiazole rings is 1. The lowest BCUT2D eigenvalue weighted by molar-refractivity contribution is -0.116. The Balaban J connectivity index is 1.72. The van der Waals surface area contributed by atoms with Crippen LogP contribution in [0.2, 0.25) is 0 Å². The molecule has 0 spiro atoms. The van der Waals surface area contributed by atoms with Crippen LogP contribution in [0.3, 0.4) is 0 Å². The molecule has 5 heteroatoms. The predicted octanol–water partition coefficient (Wildman–Crippen LogP) is 2.64. The van der Waals surface area contributed by atoms with Gasteiger partial charge in [-0.25, -0.2) is 4.98 Å². The number of carbonyl (C=O) groups is 1. The van der Waals surface area contributed by atoms with Crippen molar-refractivity contribution in [3.05, 3.63) is 40.3 Å². The molecule has 3 rings (SSSR count). The van der Waals surface area contributed by atoms with Gasteiger partial charge in [0.2, 0.25) is 5.91 Å². The van der Waals surface area contributed by atoms with Crippen molar-refractivity contribution in [1.82, 2.24) is 4.98 Å². The van der Waals surface area contributed by atoms with Gasteiger partial charge in [-0.15, -0.1) is 11.3 Å². The van der Waals surface area contributed by atoms with Crippen LogP contribution in [0, 0.1) is 0 Å². The molecule has 0 saturated heterocycles. The second-order valence-electron chi connectivity index (χ2n) is 4.25. The van der Waals surface area contributed by atoms with Gasteiger partial charge >= 0.3 is 0 Å². The standard InChI is InChI=1S/C13H13N3OS/c17-13-4-1-9-5-10(2-3-12(9)16-13)14-6-11-7-18-8-15-11/h2-3,5,7-8,14H,1,4,6H2,(H,16,17). The van der Waals surface area contributed by atoms with Crippen molar-refractivity contribution >= 4 is 28.6 Å². The first-order chi connectivity index (χ1) is 8.81. The van der Waals surface area contributed by atoms with E-state index in [2.05, 4.69) is 21.7 Å². The number of anilines is 2. The fourth-order valence-electron chi connectivity index (χ4n) is 2.01. The van der Waals surface area contributed by atoms with E-state index in [1.54, 1.807) is 11.3 Å². The Labute approximate surface area is 109 Å². The van der Waals surface area contributed by atoms with E-state index in [9.17, 15) is 4.79 Å². The fraction of sp³-hybridized carbons (Fsp3) is 0.231. The number of hydrogen-bond donors (Lipinski definition) is 2. The molecule has 1 aromatic heterocycles. The van der Waals surface area contributed by atoms with Gasteiger partial charge in [-0.05, 0) is 30.2 Å². The molecule has 4 nitrogen and oxygen atoms in total. The zero-order valence-corrected chi connectivity index (χ0v) is 10.6. The van der Waals surface area contributed by atoms with Crippen molar-refractivity contribution in [2.75, 3.05) is 10.6 Å². The Hall–Kier alpha value is -1.88. The molecule has 92 valence electrons. The number of benzene rings is 1. The summed E-state index contributed by atoms with van der Waals surface area (Å²) in [7, 11) is 0. The minimum absolute atomic E-state index is 0.102. The summed E-state index contributed by atoms with van der Waals surface area (Å²) in [6.07, 6.45) is 1.38. The summed E-state index contributed by atoms with van der Waals surface area (Å²) in [5.74, 6) is 0.102. The SMILES string of the molecule is O=C1CCc2cc(NCc3cscn3)ccc2N1. The number of amides is 1. The second-order valence-corrected chi connectivity index (χ2v) is 4.97. The highest BCUT2D eigenvalue weighted by Gasteiger charge is 2.14. The Bertz CT molecular complexity index is 566. The molecule has 1 amide bonds. The van der Waals surface area contributed by atoms with Crippen LogP contribution in [0.5, 0.6) is 0 Å². The average Bonchev–Trinajstić information content (AvgIpc) is 2.89. The van der Waals surface area contributed by atoms with E-state index in [-0.39, 0.29) is 5.91 Å². The van der Waals surface area contributed by atoms with Crippen molar-refractivity contribution in [3.8, 4) is 0 Å². The van der Waals surface area contributed by atoms with Crippen molar-refractivity contribution in [2.45, 2.75) is 19.4 Å². The van der Waals surface area contributed by atoms with Crippen LogP contribution in [0.15, 0.2) is 29.1 Å². The molecule has 18 heavy (non-hydrogen) atoms. The minimum Gasteiger partial charge on any atom is -0.379 e. The summed E-state index contributed by atoms with van der Waals surface area (Å²) in [4.78, 5) is 15.5. The number of nitrogens with one attached hydrogen (secondary N) is 2. The lowest BCUT2D eigenvalue weighted by Crippen LogP contribution is -2.18. The molecule has 1 aliphatic rings. The van der Waals surface area contributed by atoms with Crippen molar-refractivity contribution in [1.29, 1.82) is 0 Å². The van der Waals surface area contributed by atoms with E-state index in [1.165, 1.54) is 5.56 Å². The van der Waals surface area contributed by atoms with Gasteiger partial charge in [-0.2, -0.15) is 0 Å². The Morgan fingerprint density at radius 2 is 2.33 bits per heavy atom. The van der Waals surface area contributed by atoms with Crippen LogP contribution in [-0.4, -0.2) is 10.9 Å². The van der Waals surface area contributed by atoms with Crippen LogP contribution in [0.1, 0.15) is 17.7 Å². The third-order valence-corrected chi connectivity index (χ3v) is 3.59. The summed E-state index contributed by atoms with van der Waals surface area (Å²) in [5, 5.41) is 8.25. The summed E-state index contributed by atoms with van der Waals surface area (Å²) in [5.41, 5.74) is 6.08. The number of rotatable bonds is 3. The van der Waals surface area contributed by atoms with Gasteiger partial charge in [0.05, 0.1) is 17.7 Å². The number of fused-ring (bicyclic) bond motifs is 1. The summed E-state index contributed by atoms with van der Waals surface area (Å²) in [6.45, 7) is 0.731. The summed E-state index contributed by atoms with van der Waals surface area (Å²) < 4.78 is 0. The number of nitrogens with zero attached hydrogens (tertiary/aromatic N) is 1. The molecule has 2 aromatic rings. The van der Waals surface area contributed by atoms with Gasteiger partial charge in [-0.3, -0.25) is 4.79 Å². The third-order valence-electron chi connectivity index (χ3n) is 2.96. The van der Waals surface area contributed by atoms with Gasteiger partial charge < -0.3 is 10.6 Å². The van der Waals surface area contributed by atoms with E-state index in [0.29, 0.717) is 6.42 Å². The number of aromatic nitrogens is 1. The molecule has 0 unspecified atom stereocenters. The molecule has 2 N–H and O–H groups in total. The molecule has 0 radical (unpaired) electrons. The quantitative estimate of drug-likeness (QED) is 0.891. The van der Waals surface area contributed by atoms with E-state index < -0.39 is 0 Å². The molecule has 1 aromatic carbocycles. The van der Waals surface area contributed by atoms with Crippen LogP contribution in [0.25, 0.3) is 0 Å². The first-order valence-electron chi connectivity index (χ1n) is 5.85. The first kappa shape index (κ1) is 11.2. The topological polar surface area (TPSA) is 54.0 Å². The lowest BCUT2D eigenvalue weighted by Gasteiger charge is -2.17. The summed E-state index contributed by atoms with van der Waals surface area (Å²) in [6, 6.07) is 6.04. The van der Waals surface area contributed by atoms with E-state index in [0.717, 1.165) is 30.0 Å². The van der Waals surface area contributed by atoms with Gasteiger partial charge in [0, 0.05) is 23.2 Å². The molecule has 0 saturated carbocycles. The molecular formula is C13H13N3OS. The van der Waals surface area contributed by atoms with Crippen LogP contribution < -0.4 is 10.6 Å². The van der Waals surface area contributed by atoms with Crippen molar-refractivity contribution < 1.29 is 4.79 Å². The maximum atomic E-state index is 11.3. The van der Waals surface area contributed by atoms with Gasteiger partial charge in [0.25, 0.3) is 0 Å². The van der Waals surface area contributed by atoms with Crippen molar-refractivity contribution in [3.63, 3.8) is 0 Å². The van der Waals surface area contributed by atoms with Gasteiger partial charge in [0.15, 0.2) is 0 Å². The van der Waals surface area contributed by atoms with E-state index in [1.807, 2.05) is 23.0 Å². The minimum atomic E-state index is 0.102. The third kappa shape index (κ3) is 2.36. The Morgan fingerprint density at radius 3 is 3.17 bits per heavy atom. The maximum absolute atomic E-state index is 11.3.